The van der Waals surface area contributed by atoms with Crippen LogP contribution in [-0.2, 0) is 9.59 Å². The number of hydrogen-bond donors (Lipinski definition) is 1. The van der Waals surface area contributed by atoms with E-state index in [-0.39, 0.29) is 29.5 Å². The van der Waals surface area contributed by atoms with E-state index in [0.717, 1.165) is 11.9 Å². The second-order valence-corrected chi connectivity index (χ2v) is 3.87. The summed E-state index contributed by atoms with van der Waals surface area (Å²) < 4.78 is 0. The van der Waals surface area contributed by atoms with Crippen molar-refractivity contribution < 1.29 is 9.59 Å². The third kappa shape index (κ3) is 1.47. The smallest absolute Gasteiger partial charge is 0.244 e. The molecule has 0 bridgehead atoms. The van der Waals surface area contributed by atoms with Gasteiger partial charge in [-0.1, -0.05) is 11.9 Å². The van der Waals surface area contributed by atoms with Crippen molar-refractivity contribution >= 4 is 23.8 Å². The summed E-state index contributed by atoms with van der Waals surface area (Å²) in [7, 11) is 0. The molecule has 1 rings (SSSR count). The van der Waals surface area contributed by atoms with Crippen molar-refractivity contribution in [2.75, 3.05) is 0 Å². The SMILES string of the molecule is CC(C)N1C(=O)CC(SN)C1=O. The van der Waals surface area contributed by atoms with E-state index in [4.69, 9.17) is 5.14 Å². The Hall–Kier alpha value is -0.550. The van der Waals surface area contributed by atoms with Crippen LogP contribution in [0.3, 0.4) is 0 Å². The maximum Gasteiger partial charge on any atom is 0.244 e. The Kier molecular flexibility index (Phi) is 2.74. The summed E-state index contributed by atoms with van der Waals surface area (Å²) in [4.78, 5) is 23.9. The van der Waals surface area contributed by atoms with Gasteiger partial charge in [0.25, 0.3) is 0 Å². The van der Waals surface area contributed by atoms with E-state index in [9.17, 15) is 9.59 Å². The molecule has 2 amide bonds. The molecule has 12 heavy (non-hydrogen) atoms. The highest BCUT2D eigenvalue weighted by molar-refractivity contribution is 7.98. The van der Waals surface area contributed by atoms with E-state index in [1.54, 1.807) is 0 Å². The highest BCUT2D eigenvalue weighted by Crippen LogP contribution is 2.22. The molecular weight excluding hydrogens is 176 g/mol. The average molecular weight is 188 g/mol. The van der Waals surface area contributed by atoms with Crippen molar-refractivity contribution in [1.29, 1.82) is 0 Å². The fourth-order valence-electron chi connectivity index (χ4n) is 1.27. The summed E-state index contributed by atoms with van der Waals surface area (Å²) in [6.07, 6.45) is 0.248. The van der Waals surface area contributed by atoms with E-state index < -0.39 is 0 Å². The first kappa shape index (κ1) is 9.54. The lowest BCUT2D eigenvalue weighted by molar-refractivity contribution is -0.140. The van der Waals surface area contributed by atoms with E-state index in [1.807, 2.05) is 13.8 Å². The lowest BCUT2D eigenvalue weighted by atomic mass is 10.3. The van der Waals surface area contributed by atoms with Crippen LogP contribution in [0.25, 0.3) is 0 Å². The third-order valence-corrected chi connectivity index (χ3v) is 2.52. The van der Waals surface area contributed by atoms with Crippen LogP contribution in [-0.4, -0.2) is 28.0 Å². The number of amides is 2. The van der Waals surface area contributed by atoms with Crippen LogP contribution in [0, 0.1) is 0 Å². The van der Waals surface area contributed by atoms with Gasteiger partial charge in [-0.15, -0.1) is 0 Å². The van der Waals surface area contributed by atoms with E-state index in [2.05, 4.69) is 0 Å². The molecule has 5 heteroatoms. The number of nitrogens with two attached hydrogens (primary N) is 1. The van der Waals surface area contributed by atoms with Gasteiger partial charge in [-0.2, -0.15) is 0 Å². The summed E-state index contributed by atoms with van der Waals surface area (Å²) in [6, 6.07) is -0.0536. The Balaban J connectivity index is 2.77. The van der Waals surface area contributed by atoms with Gasteiger partial charge in [0.2, 0.25) is 11.8 Å². The Morgan fingerprint density at radius 1 is 1.58 bits per heavy atom. The van der Waals surface area contributed by atoms with Gasteiger partial charge in [0.1, 0.15) is 5.25 Å². The molecule has 1 aliphatic rings. The molecule has 4 nitrogen and oxygen atoms in total. The van der Waals surface area contributed by atoms with Crippen molar-refractivity contribution in [1.82, 2.24) is 4.90 Å². The molecule has 1 aliphatic heterocycles. The fraction of sp³-hybridized carbons (Fsp3) is 0.714. The first-order valence-corrected chi connectivity index (χ1v) is 4.73. The molecular formula is C7H12N2O2S. The molecule has 0 aliphatic carbocycles. The Morgan fingerprint density at radius 2 is 2.17 bits per heavy atom. The quantitative estimate of drug-likeness (QED) is 0.494. The van der Waals surface area contributed by atoms with Crippen molar-refractivity contribution in [2.24, 2.45) is 5.14 Å². The van der Waals surface area contributed by atoms with Crippen molar-refractivity contribution in [3.63, 3.8) is 0 Å². The van der Waals surface area contributed by atoms with Crippen LogP contribution >= 0.6 is 11.9 Å². The predicted octanol–water partition coefficient (Wildman–Crippen LogP) is 0.129. The van der Waals surface area contributed by atoms with E-state index in [0.29, 0.717) is 0 Å². The van der Waals surface area contributed by atoms with Gasteiger partial charge in [-0.3, -0.25) is 19.6 Å². The molecule has 2 N–H and O–H groups in total. The van der Waals surface area contributed by atoms with Crippen molar-refractivity contribution in [3.05, 3.63) is 0 Å². The topological polar surface area (TPSA) is 63.4 Å². The maximum atomic E-state index is 11.4. The second kappa shape index (κ2) is 3.45. The van der Waals surface area contributed by atoms with E-state index in [1.165, 1.54) is 4.90 Å². The predicted molar refractivity (Wildman–Crippen MR) is 47.2 cm³/mol. The Morgan fingerprint density at radius 3 is 2.42 bits per heavy atom. The number of hydrogen-bond acceptors (Lipinski definition) is 4. The first-order chi connectivity index (χ1) is 5.57. The van der Waals surface area contributed by atoms with Crippen molar-refractivity contribution in [2.45, 2.75) is 31.6 Å². The molecule has 1 saturated heterocycles. The number of nitrogens with zero attached hydrogens (tertiary/aromatic N) is 1. The summed E-state index contributed by atoms with van der Waals surface area (Å²) in [5.41, 5.74) is 0. The van der Waals surface area contributed by atoms with Gasteiger partial charge in [0.05, 0.1) is 0 Å². The maximum absolute atomic E-state index is 11.4. The van der Waals surface area contributed by atoms with Gasteiger partial charge in [0, 0.05) is 12.5 Å². The number of carbonyl (C=O) groups is 2. The molecule has 0 radical (unpaired) electrons. The van der Waals surface area contributed by atoms with Crippen LogP contribution in [0.5, 0.6) is 0 Å². The minimum Gasteiger partial charge on any atom is -0.279 e. The largest absolute Gasteiger partial charge is 0.279 e. The normalized spacial score (nSPS) is 24.3. The van der Waals surface area contributed by atoms with Gasteiger partial charge < -0.3 is 0 Å². The molecule has 1 atom stereocenters. The van der Waals surface area contributed by atoms with Crippen molar-refractivity contribution in [3.8, 4) is 0 Å². The fourth-order valence-corrected chi connectivity index (χ4v) is 1.74. The average Bonchev–Trinajstić information content (AvgIpc) is 2.25. The molecule has 1 unspecified atom stereocenters. The molecule has 0 aromatic heterocycles. The third-order valence-electron chi connectivity index (χ3n) is 1.82. The zero-order valence-electron chi connectivity index (χ0n) is 7.11. The molecule has 0 aromatic carbocycles. The number of likely N-dealkylation sites (tertiary alicyclic amines) is 1. The summed E-state index contributed by atoms with van der Waals surface area (Å²) in [5.74, 6) is -0.263. The molecule has 0 saturated carbocycles. The van der Waals surface area contributed by atoms with Gasteiger partial charge in [-0.25, -0.2) is 0 Å². The second-order valence-electron chi connectivity index (χ2n) is 3.02. The molecule has 0 aromatic rings. The highest BCUT2D eigenvalue weighted by atomic mass is 32.2. The first-order valence-electron chi connectivity index (χ1n) is 3.79. The summed E-state index contributed by atoms with van der Waals surface area (Å²) >= 11 is 0.953. The highest BCUT2D eigenvalue weighted by Gasteiger charge is 2.39. The number of rotatable bonds is 2. The van der Waals surface area contributed by atoms with Gasteiger partial charge >= 0.3 is 0 Å². The molecule has 0 spiro atoms. The van der Waals surface area contributed by atoms with Crippen LogP contribution < -0.4 is 5.14 Å². The standard InChI is InChI=1S/C7H12N2O2S/c1-4(2)9-6(10)3-5(12-8)7(9)11/h4-5H,3,8H2,1-2H3. The minimum atomic E-state index is -0.361. The summed E-state index contributed by atoms with van der Waals surface area (Å²) in [6.45, 7) is 3.64. The zero-order valence-corrected chi connectivity index (χ0v) is 7.93. The van der Waals surface area contributed by atoms with Gasteiger partial charge in [0.15, 0.2) is 0 Å². The van der Waals surface area contributed by atoms with Crippen LogP contribution in [0.2, 0.25) is 0 Å². The molecule has 68 valence electrons. The number of imide groups is 1. The Labute approximate surface area is 75.6 Å². The van der Waals surface area contributed by atoms with E-state index >= 15 is 0 Å². The zero-order chi connectivity index (χ0) is 9.30. The summed E-state index contributed by atoms with van der Waals surface area (Å²) in [5, 5.41) is 4.90. The lowest BCUT2D eigenvalue weighted by Crippen LogP contribution is -2.37. The lowest BCUT2D eigenvalue weighted by Gasteiger charge is -2.18. The van der Waals surface area contributed by atoms with Crippen LogP contribution in [0.4, 0.5) is 0 Å². The number of carbonyl (C=O) groups excluding carboxylic acids is 2. The van der Waals surface area contributed by atoms with Crippen LogP contribution in [0.1, 0.15) is 20.3 Å². The van der Waals surface area contributed by atoms with Gasteiger partial charge in [-0.05, 0) is 13.8 Å². The molecule has 1 heterocycles. The molecule has 1 fully saturated rings. The van der Waals surface area contributed by atoms with Crippen LogP contribution in [0.15, 0.2) is 0 Å². The minimum absolute atomic E-state index is 0.0536. The monoisotopic (exact) mass is 188 g/mol. The Bertz CT molecular complexity index is 217.